The first-order valence-electron chi connectivity index (χ1n) is 9.80. The zero-order valence-corrected chi connectivity index (χ0v) is 21.8. The summed E-state index contributed by atoms with van der Waals surface area (Å²) in [6, 6.07) is 25.5. The SMILES string of the molecule is Bc1c(-c2ccccc2Br)c(B)c(-c2ccccc2Br)c(B)c1-c1ccccc1Br. The first-order chi connectivity index (χ1) is 14.4. The van der Waals surface area contributed by atoms with Crippen molar-refractivity contribution in [2.45, 2.75) is 0 Å². The van der Waals surface area contributed by atoms with Gasteiger partial charge in [-0.2, -0.15) is 0 Å². The summed E-state index contributed by atoms with van der Waals surface area (Å²) in [5.74, 6) is 0. The van der Waals surface area contributed by atoms with E-state index in [4.69, 9.17) is 0 Å². The summed E-state index contributed by atoms with van der Waals surface area (Å²) in [6.07, 6.45) is 0. The Morgan fingerprint density at radius 1 is 0.400 bits per heavy atom. The molecule has 0 aliphatic heterocycles. The lowest BCUT2D eigenvalue weighted by molar-refractivity contribution is 1.59. The van der Waals surface area contributed by atoms with Crippen molar-refractivity contribution >= 4 is 87.7 Å². The van der Waals surface area contributed by atoms with Crippen LogP contribution in [0.4, 0.5) is 0 Å². The molecule has 0 radical (unpaired) electrons. The van der Waals surface area contributed by atoms with Crippen LogP contribution >= 0.6 is 47.8 Å². The topological polar surface area (TPSA) is 0 Å². The average molecular weight is 579 g/mol. The van der Waals surface area contributed by atoms with Crippen molar-refractivity contribution in [2.75, 3.05) is 0 Å². The quantitative estimate of drug-likeness (QED) is 0.325. The van der Waals surface area contributed by atoms with Crippen LogP contribution in [0.2, 0.25) is 0 Å². The number of benzene rings is 4. The van der Waals surface area contributed by atoms with Crippen LogP contribution in [0.25, 0.3) is 33.4 Å². The van der Waals surface area contributed by atoms with Crippen molar-refractivity contribution in [3.05, 3.63) is 86.2 Å². The third kappa shape index (κ3) is 3.79. The Morgan fingerprint density at radius 3 is 0.867 bits per heavy atom. The molecule has 0 aliphatic carbocycles. The summed E-state index contributed by atoms with van der Waals surface area (Å²) in [5, 5.41) is 0. The minimum Gasteiger partial charge on any atom is -0.0746 e. The Balaban J connectivity index is 2.19. The Bertz CT molecular complexity index is 1090. The van der Waals surface area contributed by atoms with Gasteiger partial charge in [0.1, 0.15) is 23.5 Å². The smallest absolute Gasteiger partial charge is 0.0746 e. The highest BCUT2D eigenvalue weighted by Gasteiger charge is 2.22. The lowest BCUT2D eigenvalue weighted by Gasteiger charge is -2.25. The van der Waals surface area contributed by atoms with Crippen molar-refractivity contribution in [2.24, 2.45) is 0 Å². The summed E-state index contributed by atoms with van der Waals surface area (Å²) in [6.45, 7) is 0. The highest BCUT2D eigenvalue weighted by molar-refractivity contribution is 9.11. The van der Waals surface area contributed by atoms with Crippen LogP contribution in [0.5, 0.6) is 0 Å². The molecule has 0 fully saturated rings. The molecule has 0 saturated carbocycles. The van der Waals surface area contributed by atoms with Gasteiger partial charge in [0, 0.05) is 13.4 Å². The van der Waals surface area contributed by atoms with E-state index >= 15 is 0 Å². The summed E-state index contributed by atoms with van der Waals surface area (Å²) < 4.78 is 3.32. The van der Waals surface area contributed by atoms with Gasteiger partial charge in [0.05, 0.1) is 0 Å². The predicted molar refractivity (Wildman–Crippen MR) is 150 cm³/mol. The predicted octanol–water partition coefficient (Wildman–Crippen LogP) is 3.75. The van der Waals surface area contributed by atoms with Gasteiger partial charge in [-0.1, -0.05) is 119 Å². The standard InChI is InChI=1S/C24H18B3Br3/c25-22-19(13-7-1-4-10-16(13)28)23(26)21(15-9-3-6-12-18(15)30)24(27)20(22)14-8-2-5-11-17(14)29/h1-12H,25-27H2. The molecule has 0 nitrogen and oxygen atoms in total. The fourth-order valence-corrected chi connectivity index (χ4v) is 5.87. The van der Waals surface area contributed by atoms with Gasteiger partial charge in [-0.3, -0.25) is 0 Å². The molecular formula is C24H18B3Br3. The van der Waals surface area contributed by atoms with E-state index in [0.717, 1.165) is 13.4 Å². The van der Waals surface area contributed by atoms with Crippen LogP contribution in [-0.4, -0.2) is 23.5 Å². The number of halogens is 3. The molecule has 6 heteroatoms. The van der Waals surface area contributed by atoms with E-state index in [9.17, 15) is 0 Å². The molecule has 0 atom stereocenters. The van der Waals surface area contributed by atoms with Crippen LogP contribution in [0.15, 0.2) is 86.2 Å². The Morgan fingerprint density at radius 2 is 0.633 bits per heavy atom. The second kappa shape index (κ2) is 8.94. The molecule has 144 valence electrons. The maximum absolute atomic E-state index is 3.79. The molecular weight excluding hydrogens is 560 g/mol. The van der Waals surface area contributed by atoms with E-state index in [0.29, 0.717) is 0 Å². The minimum atomic E-state index is 1.11. The summed E-state index contributed by atoms with van der Waals surface area (Å²) in [7, 11) is 6.73. The highest BCUT2D eigenvalue weighted by atomic mass is 79.9. The van der Waals surface area contributed by atoms with Gasteiger partial charge in [-0.15, -0.1) is 0 Å². The van der Waals surface area contributed by atoms with Gasteiger partial charge < -0.3 is 0 Å². The van der Waals surface area contributed by atoms with E-state index < -0.39 is 0 Å². The second-order valence-electron chi connectivity index (χ2n) is 7.44. The van der Waals surface area contributed by atoms with Gasteiger partial charge in [0.25, 0.3) is 0 Å². The molecule has 0 amide bonds. The third-order valence-corrected chi connectivity index (χ3v) is 7.75. The first kappa shape index (κ1) is 21.7. The van der Waals surface area contributed by atoms with Crippen molar-refractivity contribution in [1.29, 1.82) is 0 Å². The maximum atomic E-state index is 3.79. The summed E-state index contributed by atoms with van der Waals surface area (Å²) >= 11 is 11.4. The number of hydrogen-bond acceptors (Lipinski definition) is 0. The summed E-state index contributed by atoms with van der Waals surface area (Å²) in [4.78, 5) is 0. The normalized spacial score (nSPS) is 10.9. The highest BCUT2D eigenvalue weighted by Crippen LogP contribution is 2.34. The van der Waals surface area contributed by atoms with Gasteiger partial charge in [-0.05, 0) is 51.6 Å². The molecule has 0 unspecified atom stereocenters. The van der Waals surface area contributed by atoms with E-state index in [1.165, 1.54) is 49.8 Å². The molecule has 0 heterocycles. The monoisotopic (exact) mass is 576 g/mol. The zero-order chi connectivity index (χ0) is 21.4. The molecule has 4 aromatic rings. The molecule has 4 aromatic carbocycles. The van der Waals surface area contributed by atoms with Crippen molar-refractivity contribution in [3.8, 4) is 33.4 Å². The Kier molecular flexibility index (Phi) is 6.48. The van der Waals surface area contributed by atoms with Crippen molar-refractivity contribution < 1.29 is 0 Å². The average Bonchev–Trinajstić information content (AvgIpc) is 2.72. The lowest BCUT2D eigenvalue weighted by atomic mass is 9.65. The summed E-state index contributed by atoms with van der Waals surface area (Å²) in [5.41, 5.74) is 11.4. The molecule has 0 spiro atoms. The fourth-order valence-electron chi connectivity index (χ4n) is 4.42. The van der Waals surface area contributed by atoms with E-state index in [1.807, 2.05) is 0 Å². The van der Waals surface area contributed by atoms with E-state index in [2.05, 4.69) is 144 Å². The van der Waals surface area contributed by atoms with Crippen LogP contribution in [0.1, 0.15) is 0 Å². The fraction of sp³-hybridized carbons (Fsp3) is 0. The van der Waals surface area contributed by atoms with Gasteiger partial charge in [0.2, 0.25) is 0 Å². The minimum absolute atomic E-state index is 1.11. The van der Waals surface area contributed by atoms with Crippen LogP contribution in [0, 0.1) is 0 Å². The van der Waals surface area contributed by atoms with Crippen LogP contribution in [-0.2, 0) is 0 Å². The lowest BCUT2D eigenvalue weighted by Crippen LogP contribution is -2.33. The van der Waals surface area contributed by atoms with Crippen LogP contribution in [0.3, 0.4) is 0 Å². The molecule has 0 aliphatic rings. The molecule has 4 rings (SSSR count). The Labute approximate surface area is 206 Å². The molecule has 0 bridgehead atoms. The Hall–Kier alpha value is -1.49. The van der Waals surface area contributed by atoms with E-state index in [-0.39, 0.29) is 0 Å². The molecule has 0 aromatic heterocycles. The zero-order valence-electron chi connectivity index (χ0n) is 17.1. The van der Waals surface area contributed by atoms with Crippen LogP contribution < -0.4 is 16.4 Å². The van der Waals surface area contributed by atoms with Crippen molar-refractivity contribution in [1.82, 2.24) is 0 Å². The maximum Gasteiger partial charge on any atom is 0.140 e. The third-order valence-electron chi connectivity index (χ3n) is 5.68. The largest absolute Gasteiger partial charge is 0.140 e. The van der Waals surface area contributed by atoms with Crippen molar-refractivity contribution in [3.63, 3.8) is 0 Å². The number of rotatable bonds is 3. The van der Waals surface area contributed by atoms with Gasteiger partial charge in [0.15, 0.2) is 0 Å². The molecule has 0 saturated heterocycles. The first-order valence-corrected chi connectivity index (χ1v) is 12.2. The van der Waals surface area contributed by atoms with Gasteiger partial charge in [-0.25, -0.2) is 0 Å². The second-order valence-corrected chi connectivity index (χ2v) is 10.0. The van der Waals surface area contributed by atoms with Gasteiger partial charge >= 0.3 is 0 Å². The molecule has 30 heavy (non-hydrogen) atoms. The number of hydrogen-bond donors (Lipinski definition) is 0. The van der Waals surface area contributed by atoms with E-state index in [1.54, 1.807) is 0 Å². The molecule has 0 N–H and O–H groups in total.